The van der Waals surface area contributed by atoms with Crippen molar-refractivity contribution >= 4 is 12.0 Å². The fourth-order valence-electron chi connectivity index (χ4n) is 2.02. The van der Waals surface area contributed by atoms with E-state index in [4.69, 9.17) is 9.47 Å². The van der Waals surface area contributed by atoms with Crippen molar-refractivity contribution in [1.82, 2.24) is 5.32 Å². The summed E-state index contributed by atoms with van der Waals surface area (Å²) in [7, 11) is 3.11. The van der Waals surface area contributed by atoms with Crippen molar-refractivity contribution in [2.75, 3.05) is 20.8 Å². The van der Waals surface area contributed by atoms with E-state index in [-0.39, 0.29) is 18.3 Å². The number of carbonyl (C=O) groups is 1. The summed E-state index contributed by atoms with van der Waals surface area (Å²) in [5.41, 5.74) is 1.10. The van der Waals surface area contributed by atoms with E-state index in [1.807, 2.05) is 6.07 Å². The predicted molar refractivity (Wildman–Crippen MR) is 94.9 cm³/mol. The van der Waals surface area contributed by atoms with Crippen LogP contribution in [0.15, 0.2) is 48.5 Å². The van der Waals surface area contributed by atoms with Gasteiger partial charge in [0.05, 0.1) is 26.3 Å². The first-order chi connectivity index (χ1) is 12.1. The molecule has 0 fully saturated rings. The summed E-state index contributed by atoms with van der Waals surface area (Å²) in [6.45, 7) is 0.128. The topological polar surface area (TPSA) is 47.6 Å². The van der Waals surface area contributed by atoms with E-state index in [0.29, 0.717) is 17.1 Å². The third kappa shape index (κ3) is 5.40. The smallest absolute Gasteiger partial charge is 0.244 e. The quantitative estimate of drug-likeness (QED) is 0.673. The predicted octanol–water partition coefficient (Wildman–Crippen LogP) is 3.02. The molecular weight excluding hydrogens is 321 g/mol. The Kier molecular flexibility index (Phi) is 6.61. The van der Waals surface area contributed by atoms with Gasteiger partial charge in [0.15, 0.2) is 11.5 Å². The fourth-order valence-corrected chi connectivity index (χ4v) is 2.02. The van der Waals surface area contributed by atoms with Crippen molar-refractivity contribution < 1.29 is 18.7 Å². The molecule has 0 spiro atoms. The van der Waals surface area contributed by atoms with Crippen LogP contribution in [0.5, 0.6) is 11.5 Å². The number of carbonyl (C=O) groups excluding carboxylic acids is 1. The average molecular weight is 339 g/mol. The van der Waals surface area contributed by atoms with Crippen LogP contribution in [0.2, 0.25) is 0 Å². The lowest BCUT2D eigenvalue weighted by atomic mass is 10.2. The Morgan fingerprint density at radius 1 is 1.16 bits per heavy atom. The van der Waals surface area contributed by atoms with Crippen LogP contribution in [0.1, 0.15) is 11.1 Å². The summed E-state index contributed by atoms with van der Waals surface area (Å²) in [6.07, 6.45) is 3.05. The number of halogens is 1. The van der Waals surface area contributed by atoms with Crippen LogP contribution in [0.4, 0.5) is 4.39 Å². The zero-order chi connectivity index (χ0) is 18.1. The molecule has 0 heterocycles. The van der Waals surface area contributed by atoms with Gasteiger partial charge in [-0.3, -0.25) is 4.79 Å². The van der Waals surface area contributed by atoms with Crippen LogP contribution in [0.25, 0.3) is 6.08 Å². The Hall–Kier alpha value is -3.26. The number of benzene rings is 2. The zero-order valence-electron chi connectivity index (χ0n) is 14.0. The molecule has 0 radical (unpaired) electrons. The highest BCUT2D eigenvalue weighted by Crippen LogP contribution is 2.27. The maximum atomic E-state index is 13.4. The number of nitrogens with one attached hydrogen (secondary N) is 1. The lowest BCUT2D eigenvalue weighted by molar-refractivity contribution is -0.116. The van der Waals surface area contributed by atoms with Gasteiger partial charge in [0.2, 0.25) is 5.91 Å². The van der Waals surface area contributed by atoms with Gasteiger partial charge in [-0.2, -0.15) is 0 Å². The monoisotopic (exact) mass is 339 g/mol. The molecule has 2 aromatic rings. The molecule has 25 heavy (non-hydrogen) atoms. The van der Waals surface area contributed by atoms with Crippen LogP contribution in [0.3, 0.4) is 0 Å². The highest BCUT2D eigenvalue weighted by atomic mass is 19.1. The summed E-state index contributed by atoms with van der Waals surface area (Å²) in [4.78, 5) is 11.8. The van der Waals surface area contributed by atoms with E-state index < -0.39 is 0 Å². The summed E-state index contributed by atoms with van der Waals surface area (Å²) in [6, 6.07) is 11.6. The molecule has 0 aromatic heterocycles. The molecule has 0 saturated heterocycles. The Bertz CT molecular complexity index is 834. The second-order valence-corrected chi connectivity index (χ2v) is 4.95. The average Bonchev–Trinajstić information content (AvgIpc) is 2.64. The first-order valence-electron chi connectivity index (χ1n) is 7.55. The Labute approximate surface area is 146 Å². The van der Waals surface area contributed by atoms with Crippen molar-refractivity contribution in [3.05, 3.63) is 65.5 Å². The van der Waals surface area contributed by atoms with E-state index in [0.717, 1.165) is 5.56 Å². The van der Waals surface area contributed by atoms with E-state index in [1.165, 1.54) is 12.1 Å². The van der Waals surface area contributed by atoms with E-state index in [1.54, 1.807) is 50.6 Å². The van der Waals surface area contributed by atoms with Crippen LogP contribution in [-0.2, 0) is 4.79 Å². The molecule has 0 aliphatic carbocycles. The second-order valence-electron chi connectivity index (χ2n) is 4.95. The Morgan fingerprint density at radius 3 is 2.64 bits per heavy atom. The van der Waals surface area contributed by atoms with E-state index >= 15 is 0 Å². The lowest BCUT2D eigenvalue weighted by Gasteiger charge is -2.07. The summed E-state index contributed by atoms with van der Waals surface area (Å²) < 4.78 is 23.7. The second kappa shape index (κ2) is 9.14. The third-order valence-electron chi connectivity index (χ3n) is 3.28. The van der Waals surface area contributed by atoms with Crippen molar-refractivity contribution in [3.8, 4) is 23.3 Å². The van der Waals surface area contributed by atoms with Crippen molar-refractivity contribution in [3.63, 3.8) is 0 Å². The molecule has 1 amide bonds. The molecule has 4 nitrogen and oxygen atoms in total. The minimum atomic E-state index is -0.380. The first kappa shape index (κ1) is 18.1. The molecule has 0 atom stereocenters. The number of hydrogen-bond acceptors (Lipinski definition) is 3. The van der Waals surface area contributed by atoms with Crippen LogP contribution >= 0.6 is 0 Å². The van der Waals surface area contributed by atoms with Gasteiger partial charge in [-0.15, -0.1) is 0 Å². The number of amides is 1. The number of methoxy groups -OCH3 is 2. The molecule has 0 aliphatic heterocycles. The molecule has 2 rings (SSSR count). The van der Waals surface area contributed by atoms with Gasteiger partial charge >= 0.3 is 0 Å². The standard InChI is InChI=1S/C20H18FNO3/c1-24-18-11-9-15(14-19(18)25-2)10-12-20(23)22-13-5-7-16-6-3-4-8-17(16)21/h3-4,6,8-12,14H,13H2,1-2H3,(H,22,23)/b12-10+. The molecule has 5 heteroatoms. The lowest BCUT2D eigenvalue weighted by Crippen LogP contribution is -2.20. The van der Waals surface area contributed by atoms with Crippen LogP contribution < -0.4 is 14.8 Å². The molecule has 0 unspecified atom stereocenters. The molecule has 1 N–H and O–H groups in total. The van der Waals surface area contributed by atoms with Gasteiger partial charge in [0, 0.05) is 6.08 Å². The molecule has 2 aromatic carbocycles. The van der Waals surface area contributed by atoms with Gasteiger partial charge in [0.1, 0.15) is 5.82 Å². The SMILES string of the molecule is COc1ccc(/C=C/C(=O)NCC#Cc2ccccc2F)cc1OC. The van der Waals surface area contributed by atoms with E-state index in [2.05, 4.69) is 17.2 Å². The summed E-state index contributed by atoms with van der Waals surface area (Å²) in [5.74, 6) is 5.92. The van der Waals surface area contributed by atoms with Gasteiger partial charge in [0.25, 0.3) is 0 Å². The maximum Gasteiger partial charge on any atom is 0.244 e. The van der Waals surface area contributed by atoms with Crippen LogP contribution in [0, 0.1) is 17.7 Å². The highest BCUT2D eigenvalue weighted by molar-refractivity contribution is 5.91. The van der Waals surface area contributed by atoms with Crippen LogP contribution in [-0.4, -0.2) is 26.7 Å². The van der Waals surface area contributed by atoms with Crippen molar-refractivity contribution in [1.29, 1.82) is 0 Å². The normalized spacial score (nSPS) is 10.0. The molecule has 0 aliphatic rings. The minimum Gasteiger partial charge on any atom is -0.493 e. The zero-order valence-corrected chi connectivity index (χ0v) is 14.0. The highest BCUT2D eigenvalue weighted by Gasteiger charge is 2.03. The largest absolute Gasteiger partial charge is 0.493 e. The summed E-state index contributed by atoms with van der Waals surface area (Å²) >= 11 is 0. The summed E-state index contributed by atoms with van der Waals surface area (Å²) in [5, 5.41) is 2.62. The molecule has 0 saturated carbocycles. The van der Waals surface area contributed by atoms with Gasteiger partial charge < -0.3 is 14.8 Å². The minimum absolute atomic E-state index is 0.128. The molecular formula is C20H18FNO3. The van der Waals surface area contributed by atoms with Gasteiger partial charge in [-0.1, -0.05) is 30.0 Å². The third-order valence-corrected chi connectivity index (χ3v) is 3.28. The first-order valence-corrected chi connectivity index (χ1v) is 7.55. The van der Waals surface area contributed by atoms with Gasteiger partial charge in [-0.05, 0) is 35.9 Å². The van der Waals surface area contributed by atoms with Crippen molar-refractivity contribution in [2.24, 2.45) is 0 Å². The molecule has 0 bridgehead atoms. The van der Waals surface area contributed by atoms with E-state index in [9.17, 15) is 9.18 Å². The van der Waals surface area contributed by atoms with Gasteiger partial charge in [-0.25, -0.2) is 4.39 Å². The number of rotatable bonds is 5. The fraction of sp³-hybridized carbons (Fsp3) is 0.150. The van der Waals surface area contributed by atoms with Crippen molar-refractivity contribution in [2.45, 2.75) is 0 Å². The number of ether oxygens (including phenoxy) is 2. The molecule has 128 valence electrons. The Balaban J connectivity index is 1.90. The maximum absolute atomic E-state index is 13.4. The number of hydrogen-bond donors (Lipinski definition) is 1. The Morgan fingerprint density at radius 2 is 1.92 bits per heavy atom.